The molecule has 2 aromatic carbocycles. The lowest BCUT2D eigenvalue weighted by Gasteiger charge is -2.34. The van der Waals surface area contributed by atoms with Crippen molar-refractivity contribution in [3.8, 4) is 0 Å². The number of carbonyl (C=O) groups excluding carboxylic acids is 1. The van der Waals surface area contributed by atoms with Crippen LogP contribution in [0, 0.1) is 0 Å². The molecule has 0 saturated carbocycles. The average Bonchev–Trinajstić information content (AvgIpc) is 2.55. The molecule has 23 heavy (non-hydrogen) atoms. The van der Waals surface area contributed by atoms with Gasteiger partial charge in [-0.15, -0.1) is 0 Å². The minimum absolute atomic E-state index is 0.0644. The Labute approximate surface area is 150 Å². The zero-order valence-electron chi connectivity index (χ0n) is 12.7. The summed E-state index contributed by atoms with van der Waals surface area (Å²) in [5, 5.41) is 0.601. The van der Waals surface area contributed by atoms with E-state index in [0.717, 1.165) is 37.2 Å². The molecular formula is C18H18BrClN2O. The third-order valence-corrected chi connectivity index (χ3v) is 4.75. The second-order valence-electron chi connectivity index (χ2n) is 5.71. The number of amides is 1. The van der Waals surface area contributed by atoms with Crippen molar-refractivity contribution in [1.82, 2.24) is 9.80 Å². The molecule has 1 aliphatic heterocycles. The van der Waals surface area contributed by atoms with Crippen molar-refractivity contribution in [2.75, 3.05) is 26.2 Å². The summed E-state index contributed by atoms with van der Waals surface area (Å²) in [7, 11) is 0. The first kappa shape index (κ1) is 16.5. The number of nitrogens with zero attached hydrogens (tertiary/aromatic N) is 2. The summed E-state index contributed by atoms with van der Waals surface area (Å²) in [6.07, 6.45) is 0. The number of halogens is 2. The maximum absolute atomic E-state index is 12.5. The Hall–Kier alpha value is -1.36. The Kier molecular flexibility index (Phi) is 5.36. The zero-order valence-corrected chi connectivity index (χ0v) is 15.1. The van der Waals surface area contributed by atoms with E-state index in [1.807, 2.05) is 23.1 Å². The molecule has 5 heteroatoms. The van der Waals surface area contributed by atoms with Crippen LogP contribution in [0.4, 0.5) is 0 Å². The second kappa shape index (κ2) is 7.47. The van der Waals surface area contributed by atoms with E-state index in [-0.39, 0.29) is 5.91 Å². The van der Waals surface area contributed by atoms with E-state index in [1.54, 1.807) is 12.1 Å². The molecule has 1 heterocycles. The highest BCUT2D eigenvalue weighted by atomic mass is 79.9. The highest BCUT2D eigenvalue weighted by Crippen LogP contribution is 2.16. The fourth-order valence-electron chi connectivity index (χ4n) is 2.81. The Bertz CT molecular complexity index is 699. The lowest BCUT2D eigenvalue weighted by molar-refractivity contribution is 0.0628. The second-order valence-corrected chi connectivity index (χ2v) is 7.06. The molecule has 0 radical (unpaired) electrons. The van der Waals surface area contributed by atoms with Crippen LogP contribution >= 0.6 is 27.5 Å². The van der Waals surface area contributed by atoms with Gasteiger partial charge in [-0.1, -0.05) is 45.7 Å². The molecule has 1 saturated heterocycles. The normalized spacial score (nSPS) is 15.7. The Morgan fingerprint density at radius 3 is 2.48 bits per heavy atom. The summed E-state index contributed by atoms with van der Waals surface area (Å²) < 4.78 is 1.10. The average molecular weight is 394 g/mol. The standard InChI is InChI=1S/C18H18BrClN2O/c19-16-5-1-3-14(11-16)13-21-7-9-22(10-8-21)18(23)15-4-2-6-17(20)12-15/h1-6,11-12H,7-10,13H2. The van der Waals surface area contributed by atoms with Crippen molar-refractivity contribution in [1.29, 1.82) is 0 Å². The molecule has 3 rings (SSSR count). The van der Waals surface area contributed by atoms with Gasteiger partial charge < -0.3 is 4.90 Å². The summed E-state index contributed by atoms with van der Waals surface area (Å²) in [4.78, 5) is 16.8. The minimum Gasteiger partial charge on any atom is -0.336 e. The molecule has 0 bridgehead atoms. The smallest absolute Gasteiger partial charge is 0.253 e. The third kappa shape index (κ3) is 4.34. The molecule has 1 aliphatic rings. The van der Waals surface area contributed by atoms with Crippen LogP contribution in [-0.2, 0) is 6.54 Å². The van der Waals surface area contributed by atoms with Crippen LogP contribution in [0.2, 0.25) is 5.02 Å². The predicted octanol–water partition coefficient (Wildman–Crippen LogP) is 4.06. The van der Waals surface area contributed by atoms with Gasteiger partial charge in [0.25, 0.3) is 5.91 Å². The van der Waals surface area contributed by atoms with Gasteiger partial charge in [-0.25, -0.2) is 0 Å². The number of piperazine rings is 1. The van der Waals surface area contributed by atoms with Crippen LogP contribution in [0.15, 0.2) is 53.0 Å². The molecule has 0 atom stereocenters. The van der Waals surface area contributed by atoms with Crippen LogP contribution in [-0.4, -0.2) is 41.9 Å². The van der Waals surface area contributed by atoms with E-state index in [1.165, 1.54) is 5.56 Å². The van der Waals surface area contributed by atoms with Crippen LogP contribution in [0.25, 0.3) is 0 Å². The van der Waals surface area contributed by atoms with Gasteiger partial charge in [0.2, 0.25) is 0 Å². The SMILES string of the molecule is O=C(c1cccc(Cl)c1)N1CCN(Cc2cccc(Br)c2)CC1. The molecule has 120 valence electrons. The number of hydrogen-bond acceptors (Lipinski definition) is 2. The van der Waals surface area contributed by atoms with E-state index in [0.29, 0.717) is 10.6 Å². The molecule has 0 spiro atoms. The van der Waals surface area contributed by atoms with Crippen molar-refractivity contribution in [3.05, 3.63) is 69.2 Å². The van der Waals surface area contributed by atoms with Crippen LogP contribution in [0.5, 0.6) is 0 Å². The highest BCUT2D eigenvalue weighted by Gasteiger charge is 2.22. The minimum atomic E-state index is 0.0644. The van der Waals surface area contributed by atoms with Crippen molar-refractivity contribution in [3.63, 3.8) is 0 Å². The Morgan fingerprint density at radius 1 is 1.04 bits per heavy atom. The maximum atomic E-state index is 12.5. The first-order valence-corrected chi connectivity index (χ1v) is 8.80. The molecule has 1 amide bonds. The van der Waals surface area contributed by atoms with Crippen molar-refractivity contribution in [2.24, 2.45) is 0 Å². The fourth-order valence-corrected chi connectivity index (χ4v) is 3.44. The monoisotopic (exact) mass is 392 g/mol. The van der Waals surface area contributed by atoms with Gasteiger partial charge in [0.1, 0.15) is 0 Å². The van der Waals surface area contributed by atoms with Crippen molar-refractivity contribution in [2.45, 2.75) is 6.54 Å². The first-order valence-electron chi connectivity index (χ1n) is 7.63. The summed E-state index contributed by atoms with van der Waals surface area (Å²) in [6.45, 7) is 4.19. The van der Waals surface area contributed by atoms with Gasteiger partial charge in [0.05, 0.1) is 0 Å². The van der Waals surface area contributed by atoms with Crippen LogP contribution in [0.1, 0.15) is 15.9 Å². The van der Waals surface area contributed by atoms with Crippen LogP contribution in [0.3, 0.4) is 0 Å². The number of hydrogen-bond donors (Lipinski definition) is 0. The van der Waals surface area contributed by atoms with Gasteiger partial charge in [-0.2, -0.15) is 0 Å². The fraction of sp³-hybridized carbons (Fsp3) is 0.278. The number of carbonyl (C=O) groups is 1. The quantitative estimate of drug-likeness (QED) is 0.785. The molecule has 0 unspecified atom stereocenters. The van der Waals surface area contributed by atoms with Gasteiger partial charge in [-0.3, -0.25) is 9.69 Å². The Balaban J connectivity index is 1.57. The van der Waals surface area contributed by atoms with E-state index < -0.39 is 0 Å². The van der Waals surface area contributed by atoms with E-state index in [4.69, 9.17) is 11.6 Å². The van der Waals surface area contributed by atoms with Gasteiger partial charge in [0, 0.05) is 47.8 Å². The summed E-state index contributed by atoms with van der Waals surface area (Å²) in [5.41, 5.74) is 1.95. The lowest BCUT2D eigenvalue weighted by Crippen LogP contribution is -2.48. The van der Waals surface area contributed by atoms with Crippen molar-refractivity contribution < 1.29 is 4.79 Å². The molecule has 0 aromatic heterocycles. The lowest BCUT2D eigenvalue weighted by atomic mass is 10.1. The van der Waals surface area contributed by atoms with Gasteiger partial charge in [0.15, 0.2) is 0 Å². The maximum Gasteiger partial charge on any atom is 0.253 e. The summed E-state index contributed by atoms with van der Waals surface area (Å²) in [5.74, 6) is 0.0644. The van der Waals surface area contributed by atoms with Gasteiger partial charge >= 0.3 is 0 Å². The van der Waals surface area contributed by atoms with Crippen molar-refractivity contribution >= 4 is 33.4 Å². The van der Waals surface area contributed by atoms with Gasteiger partial charge in [-0.05, 0) is 35.9 Å². The third-order valence-electron chi connectivity index (χ3n) is 4.03. The molecule has 0 N–H and O–H groups in total. The first-order chi connectivity index (χ1) is 11.1. The van der Waals surface area contributed by atoms with E-state index in [2.05, 4.69) is 39.0 Å². The zero-order chi connectivity index (χ0) is 16.2. The number of benzene rings is 2. The summed E-state index contributed by atoms with van der Waals surface area (Å²) in [6, 6.07) is 15.5. The summed E-state index contributed by atoms with van der Waals surface area (Å²) >= 11 is 9.48. The predicted molar refractivity (Wildman–Crippen MR) is 96.8 cm³/mol. The largest absolute Gasteiger partial charge is 0.336 e. The van der Waals surface area contributed by atoms with E-state index in [9.17, 15) is 4.79 Å². The Morgan fingerprint density at radius 2 is 1.78 bits per heavy atom. The highest BCUT2D eigenvalue weighted by molar-refractivity contribution is 9.10. The molecular weight excluding hydrogens is 376 g/mol. The molecule has 3 nitrogen and oxygen atoms in total. The molecule has 2 aromatic rings. The topological polar surface area (TPSA) is 23.6 Å². The van der Waals surface area contributed by atoms with Crippen LogP contribution < -0.4 is 0 Å². The van der Waals surface area contributed by atoms with E-state index >= 15 is 0 Å². The molecule has 0 aliphatic carbocycles. The molecule has 1 fully saturated rings. The number of rotatable bonds is 3.